The van der Waals surface area contributed by atoms with Gasteiger partial charge in [0.15, 0.2) is 0 Å². The van der Waals surface area contributed by atoms with Gasteiger partial charge in [-0.25, -0.2) is 0 Å². The highest BCUT2D eigenvalue weighted by molar-refractivity contribution is 5.36. The molecule has 3 nitrogen and oxygen atoms in total. The molecule has 17 heavy (non-hydrogen) atoms. The minimum Gasteiger partial charge on any atom is -0.379 e. The van der Waals surface area contributed by atoms with Crippen molar-refractivity contribution in [3.05, 3.63) is 35.4 Å². The van der Waals surface area contributed by atoms with Crippen LogP contribution in [0.1, 0.15) is 30.5 Å². The third-order valence-corrected chi connectivity index (χ3v) is 3.14. The second-order valence-electron chi connectivity index (χ2n) is 4.45. The summed E-state index contributed by atoms with van der Waals surface area (Å²) in [6.07, 6.45) is 2.08. The molecule has 0 radical (unpaired) electrons. The largest absolute Gasteiger partial charge is 0.379 e. The van der Waals surface area contributed by atoms with Crippen LogP contribution in [0.25, 0.3) is 0 Å². The van der Waals surface area contributed by atoms with Crippen LogP contribution in [0.15, 0.2) is 24.3 Å². The normalized spacial score (nSPS) is 22.7. The first kappa shape index (κ1) is 12.6. The van der Waals surface area contributed by atoms with Crippen LogP contribution >= 0.6 is 0 Å². The van der Waals surface area contributed by atoms with Crippen molar-refractivity contribution in [3.63, 3.8) is 0 Å². The molecule has 1 aliphatic carbocycles. The van der Waals surface area contributed by atoms with Crippen LogP contribution in [0, 0.1) is 0 Å². The molecular weight excluding hydrogens is 214 g/mol. The van der Waals surface area contributed by atoms with Gasteiger partial charge in [0.2, 0.25) is 0 Å². The van der Waals surface area contributed by atoms with E-state index in [0.717, 1.165) is 19.4 Å². The Morgan fingerprint density at radius 1 is 1.24 bits per heavy atom. The molecule has 0 heterocycles. The molecule has 0 saturated carbocycles. The third-order valence-electron chi connectivity index (χ3n) is 3.14. The second-order valence-corrected chi connectivity index (χ2v) is 4.45. The molecule has 0 amide bonds. The van der Waals surface area contributed by atoms with Crippen LogP contribution < -0.4 is 5.73 Å². The van der Waals surface area contributed by atoms with E-state index in [1.807, 2.05) is 6.07 Å². The summed E-state index contributed by atoms with van der Waals surface area (Å²) in [5, 5.41) is 0. The Bertz CT molecular complexity index is 354. The first-order chi connectivity index (χ1) is 8.33. The summed E-state index contributed by atoms with van der Waals surface area (Å²) < 4.78 is 11.2. The minimum atomic E-state index is 0.0115. The van der Waals surface area contributed by atoms with Crippen molar-refractivity contribution in [2.75, 3.05) is 19.8 Å². The van der Waals surface area contributed by atoms with Crippen molar-refractivity contribution < 1.29 is 9.47 Å². The lowest BCUT2D eigenvalue weighted by atomic mass is 10.1. The molecule has 0 bridgehead atoms. The number of ether oxygens (including phenoxy) is 2. The van der Waals surface area contributed by atoms with Crippen LogP contribution in [0.3, 0.4) is 0 Å². The van der Waals surface area contributed by atoms with Crippen LogP contribution in [-0.4, -0.2) is 25.9 Å². The Morgan fingerprint density at radius 3 is 2.82 bits per heavy atom. The predicted molar refractivity (Wildman–Crippen MR) is 67.9 cm³/mol. The highest BCUT2D eigenvalue weighted by Crippen LogP contribution is 2.31. The molecule has 1 aromatic rings. The molecule has 2 rings (SSSR count). The van der Waals surface area contributed by atoms with E-state index >= 15 is 0 Å². The molecule has 3 heteroatoms. The van der Waals surface area contributed by atoms with Crippen LogP contribution in [0.5, 0.6) is 0 Å². The van der Waals surface area contributed by atoms with Gasteiger partial charge in [0.05, 0.1) is 25.4 Å². The first-order valence-corrected chi connectivity index (χ1v) is 6.35. The minimum absolute atomic E-state index is 0.0115. The molecule has 0 spiro atoms. The monoisotopic (exact) mass is 235 g/mol. The lowest BCUT2D eigenvalue weighted by Gasteiger charge is -2.17. The standard InChI is InChI=1S/C14H21NO2/c1-2-7-16-8-9-17-13-10-11-5-3-4-6-12(11)14(13)15/h3-6,13-14H,2,7-10,15H2,1H3. The van der Waals surface area contributed by atoms with Gasteiger partial charge in [0.25, 0.3) is 0 Å². The van der Waals surface area contributed by atoms with E-state index < -0.39 is 0 Å². The molecule has 2 atom stereocenters. The molecule has 2 unspecified atom stereocenters. The molecule has 1 aliphatic rings. The first-order valence-electron chi connectivity index (χ1n) is 6.35. The molecular formula is C14H21NO2. The Hall–Kier alpha value is -0.900. The molecule has 0 saturated heterocycles. The summed E-state index contributed by atoms with van der Waals surface area (Å²) in [7, 11) is 0. The van der Waals surface area contributed by atoms with Crippen LogP contribution in [0.4, 0.5) is 0 Å². The fraction of sp³-hybridized carbons (Fsp3) is 0.571. The number of hydrogen-bond acceptors (Lipinski definition) is 3. The average molecular weight is 235 g/mol. The Morgan fingerprint density at radius 2 is 2.06 bits per heavy atom. The molecule has 0 fully saturated rings. The summed E-state index contributed by atoms with van der Waals surface area (Å²) >= 11 is 0. The van der Waals surface area contributed by atoms with Gasteiger partial charge < -0.3 is 15.2 Å². The van der Waals surface area contributed by atoms with Crippen LogP contribution in [0.2, 0.25) is 0 Å². The van der Waals surface area contributed by atoms with E-state index in [1.54, 1.807) is 0 Å². The lowest BCUT2D eigenvalue weighted by Crippen LogP contribution is -2.26. The summed E-state index contributed by atoms with van der Waals surface area (Å²) in [6, 6.07) is 8.32. The lowest BCUT2D eigenvalue weighted by molar-refractivity contribution is -0.000758. The fourth-order valence-electron chi connectivity index (χ4n) is 2.26. The van der Waals surface area contributed by atoms with Gasteiger partial charge in [-0.05, 0) is 17.5 Å². The van der Waals surface area contributed by atoms with E-state index in [9.17, 15) is 0 Å². The molecule has 1 aromatic carbocycles. The molecule has 94 valence electrons. The van der Waals surface area contributed by atoms with Crippen molar-refractivity contribution in [1.29, 1.82) is 0 Å². The Kier molecular flexibility index (Phi) is 4.54. The Balaban J connectivity index is 1.78. The van der Waals surface area contributed by atoms with Crippen molar-refractivity contribution in [1.82, 2.24) is 0 Å². The van der Waals surface area contributed by atoms with Gasteiger partial charge in [-0.15, -0.1) is 0 Å². The van der Waals surface area contributed by atoms with Crippen LogP contribution in [-0.2, 0) is 15.9 Å². The maximum Gasteiger partial charge on any atom is 0.0809 e. The smallest absolute Gasteiger partial charge is 0.0809 e. The zero-order valence-corrected chi connectivity index (χ0v) is 10.4. The van der Waals surface area contributed by atoms with Crippen molar-refractivity contribution in [2.24, 2.45) is 5.73 Å². The fourth-order valence-corrected chi connectivity index (χ4v) is 2.26. The van der Waals surface area contributed by atoms with Gasteiger partial charge in [-0.1, -0.05) is 31.2 Å². The van der Waals surface area contributed by atoms with E-state index in [-0.39, 0.29) is 12.1 Å². The summed E-state index contributed by atoms with van der Waals surface area (Å²) in [5.74, 6) is 0. The summed E-state index contributed by atoms with van der Waals surface area (Å²) in [4.78, 5) is 0. The van der Waals surface area contributed by atoms with Crippen molar-refractivity contribution in [3.8, 4) is 0 Å². The average Bonchev–Trinajstić information content (AvgIpc) is 2.67. The van der Waals surface area contributed by atoms with Gasteiger partial charge in [-0.3, -0.25) is 0 Å². The molecule has 2 N–H and O–H groups in total. The molecule has 0 aromatic heterocycles. The quantitative estimate of drug-likeness (QED) is 0.768. The second kappa shape index (κ2) is 6.15. The molecule has 0 aliphatic heterocycles. The topological polar surface area (TPSA) is 44.5 Å². The summed E-state index contributed by atoms with van der Waals surface area (Å²) in [5.41, 5.74) is 8.71. The highest BCUT2D eigenvalue weighted by atomic mass is 16.5. The predicted octanol–water partition coefficient (Wildman–Crippen LogP) is 2.05. The number of hydrogen-bond donors (Lipinski definition) is 1. The maximum atomic E-state index is 6.17. The maximum absolute atomic E-state index is 6.17. The number of nitrogens with two attached hydrogens (primary N) is 1. The zero-order chi connectivity index (χ0) is 12.1. The van der Waals surface area contributed by atoms with E-state index in [2.05, 4.69) is 25.1 Å². The zero-order valence-electron chi connectivity index (χ0n) is 10.4. The van der Waals surface area contributed by atoms with Gasteiger partial charge in [0, 0.05) is 13.0 Å². The van der Waals surface area contributed by atoms with Gasteiger partial charge in [0.1, 0.15) is 0 Å². The van der Waals surface area contributed by atoms with Crippen molar-refractivity contribution >= 4 is 0 Å². The third kappa shape index (κ3) is 3.06. The van der Waals surface area contributed by atoms with Gasteiger partial charge >= 0.3 is 0 Å². The highest BCUT2D eigenvalue weighted by Gasteiger charge is 2.29. The Labute approximate surface area is 103 Å². The van der Waals surface area contributed by atoms with Crippen molar-refractivity contribution in [2.45, 2.75) is 31.9 Å². The number of benzene rings is 1. The van der Waals surface area contributed by atoms with E-state index in [4.69, 9.17) is 15.2 Å². The summed E-state index contributed by atoms with van der Waals surface area (Å²) in [6.45, 7) is 4.20. The van der Waals surface area contributed by atoms with Gasteiger partial charge in [-0.2, -0.15) is 0 Å². The SMILES string of the molecule is CCCOCCOC1Cc2ccccc2C1N. The number of rotatable bonds is 6. The number of fused-ring (bicyclic) bond motifs is 1. The van der Waals surface area contributed by atoms with E-state index in [1.165, 1.54) is 11.1 Å². The van der Waals surface area contributed by atoms with E-state index in [0.29, 0.717) is 13.2 Å².